The molecule has 2 rings (SSSR count). The molecule has 0 saturated carbocycles. The Kier molecular flexibility index (Phi) is 12.5. The lowest BCUT2D eigenvalue weighted by molar-refractivity contribution is -0.384. The summed E-state index contributed by atoms with van der Waals surface area (Å²) in [5.74, 6) is 1.45. The third-order valence-corrected chi connectivity index (χ3v) is 4.24. The van der Waals surface area contributed by atoms with Gasteiger partial charge in [-0.15, -0.1) is 24.0 Å². The number of nitro groups is 1. The molecule has 2 N–H and O–H groups in total. The number of hydrogen-bond acceptors (Lipinski definition) is 5. The average Bonchev–Trinajstić information content (AvgIpc) is 2.74. The lowest BCUT2D eigenvalue weighted by atomic mass is 10.1. The number of hydrogen-bond donors (Lipinski definition) is 2. The van der Waals surface area contributed by atoms with E-state index in [-0.39, 0.29) is 29.7 Å². The summed E-state index contributed by atoms with van der Waals surface area (Å²) in [6.07, 6.45) is 0. The Balaban J connectivity index is 0.00000480. The molecule has 0 heterocycles. The number of aryl methyl sites for hydroxylation is 1. The maximum absolute atomic E-state index is 10.9. The SMILES string of the molecule is CCNC(=NCc1cccc([N+](=O)[O-])c1)NCc1ccc(C)cc1OCCOCC.I. The van der Waals surface area contributed by atoms with Gasteiger partial charge in [-0.3, -0.25) is 10.1 Å². The summed E-state index contributed by atoms with van der Waals surface area (Å²) in [7, 11) is 0. The zero-order chi connectivity index (χ0) is 21.8. The first-order valence-electron chi connectivity index (χ1n) is 10.1. The summed E-state index contributed by atoms with van der Waals surface area (Å²) in [5.41, 5.74) is 2.97. The van der Waals surface area contributed by atoms with Gasteiger partial charge in [0.05, 0.1) is 18.1 Å². The lowest BCUT2D eigenvalue weighted by Gasteiger charge is -2.15. The lowest BCUT2D eigenvalue weighted by Crippen LogP contribution is -2.36. The molecule has 0 radical (unpaired) electrons. The molecule has 0 unspecified atom stereocenters. The van der Waals surface area contributed by atoms with E-state index in [1.807, 2.05) is 45.0 Å². The molecule has 0 amide bonds. The van der Waals surface area contributed by atoms with Crippen molar-refractivity contribution in [3.05, 3.63) is 69.3 Å². The van der Waals surface area contributed by atoms with E-state index >= 15 is 0 Å². The van der Waals surface area contributed by atoms with Crippen LogP contribution in [0.15, 0.2) is 47.5 Å². The molecular formula is C22H31IN4O4. The van der Waals surface area contributed by atoms with Crippen molar-refractivity contribution in [1.82, 2.24) is 10.6 Å². The molecule has 0 aliphatic carbocycles. The first-order chi connectivity index (χ1) is 14.5. The van der Waals surface area contributed by atoms with Gasteiger partial charge < -0.3 is 20.1 Å². The van der Waals surface area contributed by atoms with Gasteiger partial charge in [0.2, 0.25) is 0 Å². The van der Waals surface area contributed by atoms with Crippen LogP contribution in [0.3, 0.4) is 0 Å². The van der Waals surface area contributed by atoms with Crippen molar-refractivity contribution in [2.24, 2.45) is 4.99 Å². The first-order valence-corrected chi connectivity index (χ1v) is 10.1. The molecule has 0 bridgehead atoms. The van der Waals surface area contributed by atoms with Crippen molar-refractivity contribution in [1.29, 1.82) is 0 Å². The van der Waals surface area contributed by atoms with E-state index in [1.165, 1.54) is 12.1 Å². The van der Waals surface area contributed by atoms with E-state index < -0.39 is 4.92 Å². The van der Waals surface area contributed by atoms with Crippen molar-refractivity contribution in [3.63, 3.8) is 0 Å². The van der Waals surface area contributed by atoms with E-state index in [0.717, 1.165) is 22.4 Å². The molecule has 2 aromatic carbocycles. The van der Waals surface area contributed by atoms with Crippen LogP contribution in [0.4, 0.5) is 5.69 Å². The van der Waals surface area contributed by atoms with E-state index in [2.05, 4.69) is 15.6 Å². The van der Waals surface area contributed by atoms with Gasteiger partial charge in [-0.05, 0) is 38.0 Å². The van der Waals surface area contributed by atoms with Crippen molar-refractivity contribution >= 4 is 35.6 Å². The zero-order valence-corrected chi connectivity index (χ0v) is 20.6. The van der Waals surface area contributed by atoms with E-state index in [1.54, 1.807) is 6.07 Å². The van der Waals surface area contributed by atoms with Crippen LogP contribution in [0, 0.1) is 17.0 Å². The highest BCUT2D eigenvalue weighted by molar-refractivity contribution is 14.0. The Morgan fingerprint density at radius 3 is 2.65 bits per heavy atom. The molecule has 9 heteroatoms. The van der Waals surface area contributed by atoms with Crippen LogP contribution in [0.1, 0.15) is 30.5 Å². The fourth-order valence-corrected chi connectivity index (χ4v) is 2.76. The summed E-state index contributed by atoms with van der Waals surface area (Å²) < 4.78 is 11.2. The van der Waals surface area contributed by atoms with Crippen LogP contribution < -0.4 is 15.4 Å². The third-order valence-electron chi connectivity index (χ3n) is 4.24. The largest absolute Gasteiger partial charge is 0.491 e. The fourth-order valence-electron chi connectivity index (χ4n) is 2.76. The topological polar surface area (TPSA) is 98.0 Å². The summed E-state index contributed by atoms with van der Waals surface area (Å²) >= 11 is 0. The molecule has 0 aromatic heterocycles. The minimum atomic E-state index is -0.402. The molecule has 8 nitrogen and oxygen atoms in total. The molecule has 0 aliphatic rings. The number of nitrogens with zero attached hydrogens (tertiary/aromatic N) is 2. The number of aliphatic imine (C=N–C) groups is 1. The summed E-state index contributed by atoms with van der Waals surface area (Å²) in [6.45, 7) is 9.24. The maximum atomic E-state index is 10.9. The van der Waals surface area contributed by atoms with Crippen LogP contribution in [0.2, 0.25) is 0 Å². The minimum absolute atomic E-state index is 0. The molecule has 0 spiro atoms. The highest BCUT2D eigenvalue weighted by Crippen LogP contribution is 2.20. The number of nitrogens with one attached hydrogen (secondary N) is 2. The van der Waals surface area contributed by atoms with Gasteiger partial charge in [0, 0.05) is 37.4 Å². The molecule has 31 heavy (non-hydrogen) atoms. The molecule has 2 aromatic rings. The average molecular weight is 542 g/mol. The summed E-state index contributed by atoms with van der Waals surface area (Å²) in [5, 5.41) is 17.4. The smallest absolute Gasteiger partial charge is 0.269 e. The van der Waals surface area contributed by atoms with Crippen molar-refractivity contribution in [3.8, 4) is 5.75 Å². The second kappa shape index (κ2) is 14.6. The fraction of sp³-hybridized carbons (Fsp3) is 0.409. The second-order valence-electron chi connectivity index (χ2n) is 6.63. The highest BCUT2D eigenvalue weighted by atomic mass is 127. The van der Waals surface area contributed by atoms with Crippen LogP contribution in [-0.4, -0.2) is 37.2 Å². The van der Waals surface area contributed by atoms with Gasteiger partial charge in [0.1, 0.15) is 12.4 Å². The standard InChI is InChI=1S/C22H30N4O4.HI/c1-4-23-22(24-15-18-7-6-8-20(14-18)26(27)28)25-16-19-10-9-17(3)13-21(19)30-12-11-29-5-2;/h6-10,13-14H,4-5,11-12,15-16H2,1-3H3,(H2,23,24,25);1H. The molecule has 170 valence electrons. The Morgan fingerprint density at radius 2 is 1.94 bits per heavy atom. The molecule has 0 saturated heterocycles. The van der Waals surface area contributed by atoms with Gasteiger partial charge in [-0.2, -0.15) is 0 Å². The van der Waals surface area contributed by atoms with Crippen LogP contribution >= 0.6 is 24.0 Å². The van der Waals surface area contributed by atoms with Gasteiger partial charge in [0.15, 0.2) is 5.96 Å². The van der Waals surface area contributed by atoms with Crippen LogP contribution in [0.5, 0.6) is 5.75 Å². The predicted molar refractivity (Wildman–Crippen MR) is 133 cm³/mol. The van der Waals surface area contributed by atoms with E-state index in [4.69, 9.17) is 9.47 Å². The van der Waals surface area contributed by atoms with Crippen molar-refractivity contribution in [2.75, 3.05) is 26.4 Å². The zero-order valence-electron chi connectivity index (χ0n) is 18.2. The Bertz CT molecular complexity index is 861. The number of halogens is 1. The molecule has 0 atom stereocenters. The van der Waals surface area contributed by atoms with E-state index in [9.17, 15) is 10.1 Å². The van der Waals surface area contributed by atoms with Crippen LogP contribution in [-0.2, 0) is 17.8 Å². The highest BCUT2D eigenvalue weighted by Gasteiger charge is 2.08. The third kappa shape index (κ3) is 9.52. The number of nitro benzene ring substituents is 1. The Hall–Kier alpha value is -2.40. The maximum Gasteiger partial charge on any atom is 0.269 e. The van der Waals surface area contributed by atoms with Gasteiger partial charge in [-0.1, -0.05) is 24.3 Å². The Morgan fingerprint density at radius 1 is 1.13 bits per heavy atom. The van der Waals surface area contributed by atoms with E-state index in [0.29, 0.717) is 45.4 Å². The first kappa shape index (κ1) is 26.6. The monoisotopic (exact) mass is 542 g/mol. The summed E-state index contributed by atoms with van der Waals surface area (Å²) in [6, 6.07) is 12.6. The van der Waals surface area contributed by atoms with Crippen molar-refractivity contribution in [2.45, 2.75) is 33.9 Å². The number of ether oxygens (including phenoxy) is 2. The predicted octanol–water partition coefficient (Wildman–Crippen LogP) is 4.19. The van der Waals surface area contributed by atoms with Gasteiger partial charge >= 0.3 is 0 Å². The molecule has 0 aliphatic heterocycles. The number of benzene rings is 2. The normalized spacial score (nSPS) is 10.9. The number of guanidine groups is 1. The molecular weight excluding hydrogens is 511 g/mol. The summed E-state index contributed by atoms with van der Waals surface area (Å²) in [4.78, 5) is 15.1. The Labute approximate surface area is 200 Å². The quantitative estimate of drug-likeness (QED) is 0.110. The number of rotatable bonds is 11. The molecule has 0 fully saturated rings. The van der Waals surface area contributed by atoms with Crippen LogP contribution in [0.25, 0.3) is 0 Å². The van der Waals surface area contributed by atoms with Gasteiger partial charge in [-0.25, -0.2) is 4.99 Å². The second-order valence-corrected chi connectivity index (χ2v) is 6.63. The van der Waals surface area contributed by atoms with Gasteiger partial charge in [0.25, 0.3) is 5.69 Å². The minimum Gasteiger partial charge on any atom is -0.491 e. The number of non-ortho nitro benzene ring substituents is 1. The van der Waals surface area contributed by atoms with Crippen molar-refractivity contribution < 1.29 is 14.4 Å².